The number of halogens is 2. The molecule has 8 nitrogen and oxygen atoms in total. The van der Waals surface area contributed by atoms with Gasteiger partial charge in [0.15, 0.2) is 23.0 Å². The van der Waals surface area contributed by atoms with Crippen LogP contribution in [0.2, 0.25) is 0 Å². The Labute approximate surface area is 164 Å². The molecule has 1 aliphatic rings. The molecule has 1 aliphatic heterocycles. The van der Waals surface area contributed by atoms with E-state index in [9.17, 15) is 18.7 Å². The van der Waals surface area contributed by atoms with Crippen LogP contribution in [0.4, 0.5) is 8.78 Å². The SMILES string of the molecule is COc1ccc(C(=O)NCC(O)COc2ccc3c(c2)OCO3)cc1OC(F)F. The van der Waals surface area contributed by atoms with Crippen molar-refractivity contribution in [2.75, 3.05) is 27.1 Å². The maximum Gasteiger partial charge on any atom is 0.387 e. The molecule has 2 aromatic carbocycles. The number of hydrogen-bond donors (Lipinski definition) is 2. The Kier molecular flexibility index (Phi) is 6.55. The van der Waals surface area contributed by atoms with Gasteiger partial charge in [-0.05, 0) is 30.3 Å². The van der Waals surface area contributed by atoms with Crippen molar-refractivity contribution in [2.45, 2.75) is 12.7 Å². The number of methoxy groups -OCH3 is 1. The third kappa shape index (κ3) is 5.38. The molecule has 2 aromatic rings. The second kappa shape index (κ2) is 9.28. The van der Waals surface area contributed by atoms with Gasteiger partial charge in [0.1, 0.15) is 18.5 Å². The minimum Gasteiger partial charge on any atom is -0.493 e. The van der Waals surface area contributed by atoms with Gasteiger partial charge < -0.3 is 34.1 Å². The molecule has 0 aliphatic carbocycles. The molecule has 0 aromatic heterocycles. The maximum absolute atomic E-state index is 12.5. The zero-order valence-corrected chi connectivity index (χ0v) is 15.4. The number of carbonyl (C=O) groups is 1. The van der Waals surface area contributed by atoms with Crippen molar-refractivity contribution in [2.24, 2.45) is 0 Å². The average Bonchev–Trinajstić information content (AvgIpc) is 3.17. The number of alkyl halides is 2. The van der Waals surface area contributed by atoms with E-state index in [0.29, 0.717) is 17.2 Å². The first-order valence-electron chi connectivity index (χ1n) is 8.58. The lowest BCUT2D eigenvalue weighted by Gasteiger charge is -2.14. The number of aliphatic hydroxyl groups is 1. The van der Waals surface area contributed by atoms with Gasteiger partial charge in [0.25, 0.3) is 5.91 Å². The number of rotatable bonds is 9. The van der Waals surface area contributed by atoms with E-state index in [2.05, 4.69) is 10.1 Å². The van der Waals surface area contributed by atoms with E-state index in [1.165, 1.54) is 19.2 Å². The van der Waals surface area contributed by atoms with Gasteiger partial charge >= 0.3 is 6.61 Å². The molecule has 1 unspecified atom stereocenters. The molecular formula is C19H19F2NO7. The van der Waals surface area contributed by atoms with Gasteiger partial charge in [-0.2, -0.15) is 8.78 Å². The minimum absolute atomic E-state index is 0.0685. The lowest BCUT2D eigenvalue weighted by molar-refractivity contribution is -0.0512. The van der Waals surface area contributed by atoms with Crippen LogP contribution < -0.4 is 29.0 Å². The highest BCUT2D eigenvalue weighted by atomic mass is 19.3. The van der Waals surface area contributed by atoms with Crippen molar-refractivity contribution in [3.63, 3.8) is 0 Å². The number of hydrogen-bond acceptors (Lipinski definition) is 7. The summed E-state index contributed by atoms with van der Waals surface area (Å²) in [6, 6.07) is 8.86. The van der Waals surface area contributed by atoms with Gasteiger partial charge in [-0.25, -0.2) is 0 Å². The summed E-state index contributed by atoms with van der Waals surface area (Å²) in [7, 11) is 1.30. The zero-order valence-electron chi connectivity index (χ0n) is 15.4. The summed E-state index contributed by atoms with van der Waals surface area (Å²) in [4.78, 5) is 12.2. The number of amides is 1. The van der Waals surface area contributed by atoms with Crippen molar-refractivity contribution in [1.82, 2.24) is 5.32 Å². The molecule has 1 atom stereocenters. The summed E-state index contributed by atoms with van der Waals surface area (Å²) < 4.78 is 50.1. The highest BCUT2D eigenvalue weighted by Crippen LogP contribution is 2.35. The molecule has 0 spiro atoms. The van der Waals surface area contributed by atoms with Crippen LogP contribution in [0.25, 0.3) is 0 Å². The molecule has 0 saturated carbocycles. The topological polar surface area (TPSA) is 95.5 Å². The van der Waals surface area contributed by atoms with Crippen molar-refractivity contribution in [1.29, 1.82) is 0 Å². The van der Waals surface area contributed by atoms with Crippen molar-refractivity contribution >= 4 is 5.91 Å². The Morgan fingerprint density at radius 1 is 1.17 bits per heavy atom. The van der Waals surface area contributed by atoms with E-state index < -0.39 is 18.6 Å². The highest BCUT2D eigenvalue weighted by molar-refractivity contribution is 5.94. The predicted molar refractivity (Wildman–Crippen MR) is 96.0 cm³/mol. The monoisotopic (exact) mass is 411 g/mol. The molecule has 0 saturated heterocycles. The van der Waals surface area contributed by atoms with Gasteiger partial charge in [0, 0.05) is 18.2 Å². The molecule has 3 rings (SSSR count). The molecule has 0 bridgehead atoms. The van der Waals surface area contributed by atoms with E-state index >= 15 is 0 Å². The van der Waals surface area contributed by atoms with Gasteiger partial charge in [-0.15, -0.1) is 0 Å². The van der Waals surface area contributed by atoms with Gasteiger partial charge in [0.05, 0.1) is 7.11 Å². The first kappa shape index (κ1) is 20.5. The van der Waals surface area contributed by atoms with E-state index in [1.807, 2.05) is 0 Å². The fourth-order valence-corrected chi connectivity index (χ4v) is 2.54. The molecule has 1 amide bonds. The van der Waals surface area contributed by atoms with E-state index in [0.717, 1.165) is 6.07 Å². The first-order valence-corrected chi connectivity index (χ1v) is 8.58. The van der Waals surface area contributed by atoms with Crippen LogP contribution >= 0.6 is 0 Å². The van der Waals surface area contributed by atoms with E-state index in [4.69, 9.17) is 18.9 Å². The van der Waals surface area contributed by atoms with Crippen LogP contribution in [-0.2, 0) is 0 Å². The Hall–Kier alpha value is -3.27. The summed E-state index contributed by atoms with van der Waals surface area (Å²) in [5.74, 6) is 0.866. The Morgan fingerprint density at radius 3 is 2.72 bits per heavy atom. The number of nitrogens with one attached hydrogen (secondary N) is 1. The van der Waals surface area contributed by atoms with E-state index in [-0.39, 0.29) is 37.0 Å². The van der Waals surface area contributed by atoms with Gasteiger partial charge in [0.2, 0.25) is 6.79 Å². The molecule has 2 N–H and O–H groups in total. The summed E-state index contributed by atoms with van der Waals surface area (Å²) in [5, 5.41) is 12.5. The lowest BCUT2D eigenvalue weighted by atomic mass is 10.2. The fraction of sp³-hybridized carbons (Fsp3) is 0.316. The molecule has 1 heterocycles. The summed E-state index contributed by atoms with van der Waals surface area (Å²) in [6.45, 7) is -3.11. The Bertz CT molecular complexity index is 862. The first-order chi connectivity index (χ1) is 14.0. The average molecular weight is 411 g/mol. The quantitative estimate of drug-likeness (QED) is 0.653. The number of ether oxygens (including phenoxy) is 5. The van der Waals surface area contributed by atoms with Crippen molar-refractivity contribution in [3.8, 4) is 28.7 Å². The summed E-state index contributed by atoms with van der Waals surface area (Å²) >= 11 is 0. The third-order valence-corrected chi connectivity index (χ3v) is 3.93. The van der Waals surface area contributed by atoms with Gasteiger partial charge in [-0.3, -0.25) is 4.79 Å². The fourth-order valence-electron chi connectivity index (χ4n) is 2.54. The number of carbonyl (C=O) groups excluding carboxylic acids is 1. The van der Waals surface area contributed by atoms with E-state index in [1.54, 1.807) is 18.2 Å². The predicted octanol–water partition coefficient (Wildman–Crippen LogP) is 2.19. The van der Waals surface area contributed by atoms with Gasteiger partial charge in [-0.1, -0.05) is 0 Å². The number of fused-ring (bicyclic) bond motifs is 1. The molecule has 29 heavy (non-hydrogen) atoms. The lowest BCUT2D eigenvalue weighted by Crippen LogP contribution is -2.35. The summed E-state index contributed by atoms with van der Waals surface area (Å²) in [6.07, 6.45) is -1.00. The molecular weight excluding hydrogens is 392 g/mol. The van der Waals surface area contributed by atoms with Crippen LogP contribution in [-0.4, -0.2) is 50.8 Å². The molecule has 156 valence electrons. The van der Waals surface area contributed by atoms with Crippen LogP contribution in [0.15, 0.2) is 36.4 Å². The van der Waals surface area contributed by atoms with Crippen LogP contribution in [0.5, 0.6) is 28.7 Å². The van der Waals surface area contributed by atoms with Crippen molar-refractivity contribution < 1.29 is 42.4 Å². The van der Waals surface area contributed by atoms with Crippen molar-refractivity contribution in [3.05, 3.63) is 42.0 Å². The summed E-state index contributed by atoms with van der Waals surface area (Å²) in [5.41, 5.74) is 0.0744. The second-order valence-electron chi connectivity index (χ2n) is 5.93. The Morgan fingerprint density at radius 2 is 1.97 bits per heavy atom. The van der Waals surface area contributed by atoms with Crippen LogP contribution in [0.3, 0.4) is 0 Å². The zero-order chi connectivity index (χ0) is 20.8. The van der Waals surface area contributed by atoms with Crippen LogP contribution in [0.1, 0.15) is 10.4 Å². The third-order valence-electron chi connectivity index (χ3n) is 3.93. The number of aliphatic hydroxyl groups excluding tert-OH is 1. The smallest absolute Gasteiger partial charge is 0.387 e. The highest BCUT2D eigenvalue weighted by Gasteiger charge is 2.17. The Balaban J connectivity index is 1.50. The number of benzene rings is 2. The maximum atomic E-state index is 12.5. The second-order valence-corrected chi connectivity index (χ2v) is 5.93. The minimum atomic E-state index is -3.06. The molecule has 10 heteroatoms. The molecule has 0 fully saturated rings. The standard InChI is InChI=1S/C19H19F2NO7/c1-25-14-4-2-11(6-17(14)29-19(20)21)18(24)22-8-12(23)9-26-13-3-5-15-16(7-13)28-10-27-15/h2-7,12,19,23H,8-10H2,1H3,(H,22,24). The largest absolute Gasteiger partial charge is 0.493 e. The molecule has 0 radical (unpaired) electrons. The van der Waals surface area contributed by atoms with Crippen LogP contribution in [0, 0.1) is 0 Å². The normalized spacial score (nSPS) is 13.1.